The fraction of sp³-hybridized carbons (Fsp3) is 0.0909. The third-order valence-corrected chi connectivity index (χ3v) is 6.44. The van der Waals surface area contributed by atoms with E-state index in [1.165, 1.54) is 18.2 Å². The van der Waals surface area contributed by atoms with Gasteiger partial charge in [0.2, 0.25) is 0 Å². The molecule has 0 amide bonds. The summed E-state index contributed by atoms with van der Waals surface area (Å²) in [7, 11) is 0. The van der Waals surface area contributed by atoms with Gasteiger partial charge in [0, 0.05) is 5.56 Å². The third-order valence-electron chi connectivity index (χ3n) is 6.44. The summed E-state index contributed by atoms with van der Waals surface area (Å²) in [6.45, 7) is 2.19. The fourth-order valence-electron chi connectivity index (χ4n) is 4.45. The molecule has 1 unspecified atom stereocenters. The molecule has 0 heterocycles. The number of benzene rings is 5. The Morgan fingerprint density at radius 1 is 0.649 bits per heavy atom. The van der Waals surface area contributed by atoms with Gasteiger partial charge < -0.3 is 9.84 Å². The first-order valence-corrected chi connectivity index (χ1v) is 12.1. The van der Waals surface area contributed by atoms with E-state index in [2.05, 4.69) is 0 Å². The first-order valence-electron chi connectivity index (χ1n) is 12.1. The number of aryl methyl sites for hydroxylation is 1. The maximum absolute atomic E-state index is 15.2. The van der Waals surface area contributed by atoms with Crippen LogP contribution >= 0.6 is 0 Å². The summed E-state index contributed by atoms with van der Waals surface area (Å²) in [6.07, 6.45) is -0.734. The Hall–Kier alpha value is -4.28. The Bertz CT molecular complexity index is 1510. The average molecular weight is 493 g/mol. The lowest BCUT2D eigenvalue weighted by molar-refractivity contribution is 0.220. The van der Waals surface area contributed by atoms with Crippen molar-refractivity contribution in [3.05, 3.63) is 149 Å². The predicted molar refractivity (Wildman–Crippen MR) is 143 cm³/mol. The van der Waals surface area contributed by atoms with Crippen LogP contribution in [0.1, 0.15) is 28.4 Å². The lowest BCUT2D eigenvalue weighted by Crippen LogP contribution is -2.00. The van der Waals surface area contributed by atoms with Crippen molar-refractivity contribution in [2.24, 2.45) is 0 Å². The second-order valence-corrected chi connectivity index (χ2v) is 9.00. The van der Waals surface area contributed by atoms with Gasteiger partial charge in [-0.2, -0.15) is 0 Å². The minimum absolute atomic E-state index is 0.123. The highest BCUT2D eigenvalue weighted by atomic mass is 19.1. The van der Waals surface area contributed by atoms with E-state index in [1.54, 1.807) is 12.1 Å². The van der Waals surface area contributed by atoms with Crippen LogP contribution in [0.3, 0.4) is 0 Å². The van der Waals surface area contributed by atoms with Crippen LogP contribution in [0.2, 0.25) is 0 Å². The van der Waals surface area contributed by atoms with Gasteiger partial charge >= 0.3 is 0 Å². The quantitative estimate of drug-likeness (QED) is 0.248. The van der Waals surface area contributed by atoms with Gasteiger partial charge in [-0.1, -0.05) is 97.1 Å². The van der Waals surface area contributed by atoms with Crippen molar-refractivity contribution < 1.29 is 18.6 Å². The van der Waals surface area contributed by atoms with Crippen molar-refractivity contribution in [1.29, 1.82) is 0 Å². The van der Waals surface area contributed by atoms with E-state index in [0.29, 0.717) is 16.7 Å². The first-order chi connectivity index (χ1) is 18.0. The van der Waals surface area contributed by atoms with Crippen molar-refractivity contribution in [2.75, 3.05) is 0 Å². The van der Waals surface area contributed by atoms with Gasteiger partial charge in [-0.05, 0) is 64.1 Å². The number of hydrogen-bond donors (Lipinski definition) is 1. The second kappa shape index (κ2) is 10.8. The normalized spacial score (nSPS) is 11.8. The van der Waals surface area contributed by atoms with Crippen LogP contribution in [0, 0.1) is 18.6 Å². The fourth-order valence-corrected chi connectivity index (χ4v) is 4.45. The summed E-state index contributed by atoms with van der Waals surface area (Å²) in [5.74, 6) is -0.860. The molecule has 0 aliphatic carbocycles. The minimum Gasteiger partial charge on any atom is -0.486 e. The summed E-state index contributed by atoms with van der Waals surface area (Å²) in [5, 5.41) is 10.7. The molecular weight excluding hydrogens is 466 g/mol. The maximum atomic E-state index is 15.2. The van der Waals surface area contributed by atoms with Gasteiger partial charge in [0.05, 0.1) is 0 Å². The maximum Gasteiger partial charge on any atom is 0.165 e. The Morgan fingerprint density at radius 2 is 1.27 bits per heavy atom. The van der Waals surface area contributed by atoms with Crippen LogP contribution in [0.4, 0.5) is 8.78 Å². The van der Waals surface area contributed by atoms with Gasteiger partial charge in [-0.3, -0.25) is 0 Å². The highest BCUT2D eigenvalue weighted by molar-refractivity contribution is 5.73. The number of ether oxygens (including phenoxy) is 1. The van der Waals surface area contributed by atoms with Crippen LogP contribution in [0.15, 0.2) is 115 Å². The van der Waals surface area contributed by atoms with Crippen molar-refractivity contribution in [2.45, 2.75) is 19.6 Å². The molecule has 0 spiro atoms. The van der Waals surface area contributed by atoms with Gasteiger partial charge in [-0.25, -0.2) is 8.78 Å². The summed E-state index contributed by atoms with van der Waals surface area (Å²) < 4.78 is 35.5. The highest BCUT2D eigenvalue weighted by Gasteiger charge is 2.14. The van der Waals surface area contributed by atoms with E-state index >= 15 is 4.39 Å². The Morgan fingerprint density at radius 3 is 1.95 bits per heavy atom. The zero-order chi connectivity index (χ0) is 25.8. The number of hydrogen-bond acceptors (Lipinski definition) is 2. The third kappa shape index (κ3) is 5.45. The molecule has 0 bridgehead atoms. The number of rotatable bonds is 7. The molecule has 1 N–H and O–H groups in total. The van der Waals surface area contributed by atoms with E-state index in [9.17, 15) is 9.50 Å². The van der Waals surface area contributed by atoms with Crippen LogP contribution in [-0.4, -0.2) is 5.11 Å². The van der Waals surface area contributed by atoms with Crippen LogP contribution in [0.25, 0.3) is 22.3 Å². The van der Waals surface area contributed by atoms with E-state index < -0.39 is 17.7 Å². The van der Waals surface area contributed by atoms with Gasteiger partial charge in [0.25, 0.3) is 0 Å². The van der Waals surface area contributed by atoms with Crippen LogP contribution in [0.5, 0.6) is 5.75 Å². The molecular formula is C33H26F2O2. The molecule has 0 radical (unpaired) electrons. The van der Waals surface area contributed by atoms with Gasteiger partial charge in [-0.15, -0.1) is 0 Å². The lowest BCUT2D eigenvalue weighted by Gasteiger charge is -2.15. The van der Waals surface area contributed by atoms with E-state index in [-0.39, 0.29) is 12.4 Å². The van der Waals surface area contributed by atoms with Gasteiger partial charge in [0.15, 0.2) is 11.6 Å². The minimum atomic E-state index is -0.734. The van der Waals surface area contributed by atoms with Crippen LogP contribution in [-0.2, 0) is 6.61 Å². The number of aliphatic hydroxyl groups excluding tert-OH is 1. The largest absolute Gasteiger partial charge is 0.486 e. The molecule has 0 aromatic heterocycles. The molecule has 184 valence electrons. The SMILES string of the molecule is Cc1cc(C(O)c2ccccc2)ccc1-c1ccc(-c2ccc(OCc3ccccc3)c(F)c2)c(F)c1. The average Bonchev–Trinajstić information content (AvgIpc) is 2.93. The molecule has 1 atom stereocenters. The van der Waals surface area contributed by atoms with Crippen molar-refractivity contribution in [3.63, 3.8) is 0 Å². The summed E-state index contributed by atoms with van der Waals surface area (Å²) in [6, 6.07) is 34.1. The molecule has 5 aromatic carbocycles. The Kier molecular flexibility index (Phi) is 7.11. The molecule has 2 nitrogen and oxygen atoms in total. The van der Waals surface area contributed by atoms with E-state index in [1.807, 2.05) is 91.9 Å². The first kappa shape index (κ1) is 24.4. The molecule has 0 aliphatic rings. The smallest absolute Gasteiger partial charge is 0.165 e. The van der Waals surface area contributed by atoms with E-state index in [0.717, 1.165) is 27.8 Å². The summed E-state index contributed by atoms with van der Waals surface area (Å²) in [4.78, 5) is 0. The van der Waals surface area contributed by atoms with Gasteiger partial charge in [0.1, 0.15) is 18.5 Å². The molecule has 0 saturated heterocycles. The van der Waals surface area contributed by atoms with Crippen molar-refractivity contribution in [1.82, 2.24) is 0 Å². The second-order valence-electron chi connectivity index (χ2n) is 9.00. The van der Waals surface area contributed by atoms with Crippen molar-refractivity contribution in [3.8, 4) is 28.0 Å². The monoisotopic (exact) mass is 492 g/mol. The number of halogens is 2. The molecule has 4 heteroatoms. The molecule has 5 aromatic rings. The lowest BCUT2D eigenvalue weighted by atomic mass is 9.93. The highest BCUT2D eigenvalue weighted by Crippen LogP contribution is 2.33. The standard InChI is InChI=1S/C33H26F2O2/c1-22-18-27(33(36)24-10-6-3-7-11-24)13-15-28(22)25-12-16-29(30(34)19-25)26-14-17-32(31(35)20-26)37-21-23-8-4-2-5-9-23/h2-20,33,36H,21H2,1H3. The predicted octanol–water partition coefficient (Wildman–Crippen LogP) is 8.27. The van der Waals surface area contributed by atoms with Crippen molar-refractivity contribution >= 4 is 0 Å². The molecule has 5 rings (SSSR count). The Labute approximate surface area is 215 Å². The van der Waals surface area contributed by atoms with Crippen LogP contribution < -0.4 is 4.74 Å². The summed E-state index contributed by atoms with van der Waals surface area (Å²) >= 11 is 0. The molecule has 37 heavy (non-hydrogen) atoms. The molecule has 0 fully saturated rings. The summed E-state index contributed by atoms with van der Waals surface area (Å²) in [5.41, 5.74) is 5.77. The zero-order valence-electron chi connectivity index (χ0n) is 20.4. The Balaban J connectivity index is 1.35. The molecule has 0 aliphatic heterocycles. The van der Waals surface area contributed by atoms with E-state index in [4.69, 9.17) is 4.74 Å². The zero-order valence-corrected chi connectivity index (χ0v) is 20.4. The topological polar surface area (TPSA) is 29.5 Å². The number of aliphatic hydroxyl groups is 1. The molecule has 0 saturated carbocycles.